The minimum atomic E-state index is -0.773. The summed E-state index contributed by atoms with van der Waals surface area (Å²) in [5, 5.41) is 0. The fourth-order valence-corrected chi connectivity index (χ4v) is 4.01. The van der Waals surface area contributed by atoms with E-state index in [1.807, 2.05) is 30.3 Å². The van der Waals surface area contributed by atoms with Crippen LogP contribution in [0.1, 0.15) is 38.7 Å². The Labute approximate surface area is 148 Å². The molecule has 2 aliphatic rings. The summed E-state index contributed by atoms with van der Waals surface area (Å²) in [6.45, 7) is 4.20. The maximum absolute atomic E-state index is 12.6. The van der Waals surface area contributed by atoms with Gasteiger partial charge in [0.2, 0.25) is 0 Å². The SMILES string of the molecule is CC(C)OC(=O)C1N(C(=O)OCc2ccccc2)CC2CCCC21N. The van der Waals surface area contributed by atoms with Crippen molar-refractivity contribution in [2.75, 3.05) is 6.54 Å². The minimum Gasteiger partial charge on any atom is -0.461 e. The van der Waals surface area contributed by atoms with Gasteiger partial charge in [-0.25, -0.2) is 9.59 Å². The zero-order valence-electron chi connectivity index (χ0n) is 14.8. The van der Waals surface area contributed by atoms with Gasteiger partial charge in [-0.05, 0) is 38.2 Å². The highest BCUT2D eigenvalue weighted by atomic mass is 16.6. The fourth-order valence-electron chi connectivity index (χ4n) is 4.01. The van der Waals surface area contributed by atoms with Gasteiger partial charge in [0.15, 0.2) is 6.04 Å². The molecule has 136 valence electrons. The molecule has 1 saturated heterocycles. The van der Waals surface area contributed by atoms with Crippen molar-refractivity contribution in [2.45, 2.75) is 57.4 Å². The second-order valence-corrected chi connectivity index (χ2v) is 7.28. The average molecular weight is 346 g/mol. The number of benzene rings is 1. The number of hydrogen-bond donors (Lipinski definition) is 1. The predicted octanol–water partition coefficient (Wildman–Crippen LogP) is 2.46. The van der Waals surface area contributed by atoms with Crippen LogP contribution in [0.3, 0.4) is 0 Å². The van der Waals surface area contributed by atoms with E-state index in [2.05, 4.69) is 0 Å². The first-order chi connectivity index (χ1) is 11.9. The largest absolute Gasteiger partial charge is 0.461 e. The Morgan fingerprint density at radius 1 is 1.32 bits per heavy atom. The normalized spacial score (nSPS) is 28.1. The van der Waals surface area contributed by atoms with E-state index in [-0.39, 0.29) is 18.6 Å². The first kappa shape index (κ1) is 17.7. The van der Waals surface area contributed by atoms with Crippen LogP contribution >= 0.6 is 0 Å². The molecule has 2 fully saturated rings. The number of nitrogens with zero attached hydrogens (tertiary/aromatic N) is 1. The molecule has 1 amide bonds. The third-order valence-corrected chi connectivity index (χ3v) is 5.18. The van der Waals surface area contributed by atoms with Crippen molar-refractivity contribution in [1.82, 2.24) is 4.90 Å². The predicted molar refractivity (Wildman–Crippen MR) is 92.6 cm³/mol. The third kappa shape index (κ3) is 3.49. The van der Waals surface area contributed by atoms with Gasteiger partial charge in [-0.3, -0.25) is 4.90 Å². The molecule has 6 heteroatoms. The molecule has 2 N–H and O–H groups in total. The molecule has 1 heterocycles. The molecule has 0 radical (unpaired) electrons. The summed E-state index contributed by atoms with van der Waals surface area (Å²) in [5.74, 6) is -0.319. The molecule has 1 aromatic rings. The number of nitrogens with two attached hydrogens (primary N) is 1. The van der Waals surface area contributed by atoms with Crippen molar-refractivity contribution in [3.8, 4) is 0 Å². The lowest BCUT2D eigenvalue weighted by molar-refractivity contribution is -0.154. The number of carbonyl (C=O) groups excluding carboxylic acids is 2. The van der Waals surface area contributed by atoms with E-state index in [0.29, 0.717) is 6.54 Å². The van der Waals surface area contributed by atoms with Crippen LogP contribution in [0.5, 0.6) is 0 Å². The average Bonchev–Trinajstić information content (AvgIpc) is 3.06. The highest BCUT2D eigenvalue weighted by Gasteiger charge is 2.59. The summed E-state index contributed by atoms with van der Waals surface area (Å²) in [5.41, 5.74) is 6.76. The van der Waals surface area contributed by atoms with E-state index < -0.39 is 23.6 Å². The van der Waals surface area contributed by atoms with Crippen LogP contribution in [0.15, 0.2) is 30.3 Å². The molecular weight excluding hydrogens is 320 g/mol. The van der Waals surface area contributed by atoms with Crippen molar-refractivity contribution in [3.05, 3.63) is 35.9 Å². The molecule has 1 aliphatic carbocycles. The summed E-state index contributed by atoms with van der Waals surface area (Å²) in [7, 11) is 0. The highest BCUT2D eigenvalue weighted by molar-refractivity contribution is 5.84. The van der Waals surface area contributed by atoms with Crippen LogP contribution in [-0.4, -0.2) is 41.2 Å². The smallest absolute Gasteiger partial charge is 0.410 e. The van der Waals surface area contributed by atoms with Crippen molar-refractivity contribution < 1.29 is 19.1 Å². The van der Waals surface area contributed by atoms with Gasteiger partial charge in [0, 0.05) is 6.54 Å². The fraction of sp³-hybridized carbons (Fsp3) is 0.579. The lowest BCUT2D eigenvalue weighted by atomic mass is 9.85. The molecule has 1 aliphatic heterocycles. The van der Waals surface area contributed by atoms with E-state index in [0.717, 1.165) is 24.8 Å². The van der Waals surface area contributed by atoms with Gasteiger partial charge in [0.1, 0.15) is 6.61 Å². The van der Waals surface area contributed by atoms with E-state index in [1.165, 1.54) is 4.90 Å². The summed E-state index contributed by atoms with van der Waals surface area (Å²) in [6.07, 6.45) is 1.86. The Morgan fingerprint density at radius 2 is 2.04 bits per heavy atom. The number of carbonyl (C=O) groups is 2. The van der Waals surface area contributed by atoms with Gasteiger partial charge in [0.25, 0.3) is 0 Å². The number of likely N-dealkylation sites (tertiary alicyclic amines) is 1. The molecule has 0 bridgehead atoms. The zero-order chi connectivity index (χ0) is 18.0. The number of fused-ring (bicyclic) bond motifs is 1. The Hall–Kier alpha value is -2.08. The maximum Gasteiger partial charge on any atom is 0.410 e. The molecule has 6 nitrogen and oxygen atoms in total. The lowest BCUT2D eigenvalue weighted by Crippen LogP contribution is -2.58. The van der Waals surface area contributed by atoms with E-state index in [1.54, 1.807) is 13.8 Å². The second kappa shape index (κ2) is 7.04. The minimum absolute atomic E-state index is 0.112. The Bertz CT molecular complexity index is 634. The van der Waals surface area contributed by atoms with Crippen molar-refractivity contribution in [3.63, 3.8) is 0 Å². The lowest BCUT2D eigenvalue weighted by Gasteiger charge is -2.32. The van der Waals surface area contributed by atoms with Gasteiger partial charge in [-0.2, -0.15) is 0 Å². The molecule has 3 rings (SSSR count). The molecular formula is C19H26N2O4. The highest BCUT2D eigenvalue weighted by Crippen LogP contribution is 2.44. The van der Waals surface area contributed by atoms with E-state index in [9.17, 15) is 9.59 Å². The van der Waals surface area contributed by atoms with Crippen LogP contribution < -0.4 is 5.73 Å². The number of rotatable bonds is 4. The molecule has 0 aromatic heterocycles. The standard InChI is InChI=1S/C19H26N2O4/c1-13(2)25-17(22)16-19(20)10-6-9-15(19)11-21(16)18(23)24-12-14-7-4-3-5-8-14/h3-5,7-8,13,15-16H,6,9-12,20H2,1-2H3. The third-order valence-electron chi connectivity index (χ3n) is 5.18. The first-order valence-corrected chi connectivity index (χ1v) is 8.88. The topological polar surface area (TPSA) is 81.9 Å². The number of esters is 1. The summed E-state index contributed by atoms with van der Waals surface area (Å²) in [6, 6.07) is 8.69. The van der Waals surface area contributed by atoms with Crippen molar-refractivity contribution in [2.24, 2.45) is 11.7 Å². The van der Waals surface area contributed by atoms with Crippen LogP contribution in [0.2, 0.25) is 0 Å². The first-order valence-electron chi connectivity index (χ1n) is 8.88. The van der Waals surface area contributed by atoms with Crippen molar-refractivity contribution in [1.29, 1.82) is 0 Å². The molecule has 3 unspecified atom stereocenters. The van der Waals surface area contributed by atoms with E-state index >= 15 is 0 Å². The van der Waals surface area contributed by atoms with Gasteiger partial charge in [-0.1, -0.05) is 36.8 Å². The number of ether oxygens (including phenoxy) is 2. The Balaban J connectivity index is 1.74. The molecule has 25 heavy (non-hydrogen) atoms. The van der Waals surface area contributed by atoms with Gasteiger partial charge in [-0.15, -0.1) is 0 Å². The number of hydrogen-bond acceptors (Lipinski definition) is 5. The molecule has 1 saturated carbocycles. The molecule has 3 atom stereocenters. The van der Waals surface area contributed by atoms with Gasteiger partial charge < -0.3 is 15.2 Å². The summed E-state index contributed by atoms with van der Waals surface area (Å²) in [4.78, 5) is 26.7. The van der Waals surface area contributed by atoms with Gasteiger partial charge in [0.05, 0.1) is 11.6 Å². The van der Waals surface area contributed by atoms with Crippen LogP contribution in [-0.2, 0) is 20.9 Å². The Morgan fingerprint density at radius 3 is 2.72 bits per heavy atom. The maximum atomic E-state index is 12.6. The summed E-state index contributed by atoms with van der Waals surface area (Å²) < 4.78 is 10.8. The second-order valence-electron chi connectivity index (χ2n) is 7.28. The Kier molecular flexibility index (Phi) is 4.99. The van der Waals surface area contributed by atoms with Gasteiger partial charge >= 0.3 is 12.1 Å². The zero-order valence-corrected chi connectivity index (χ0v) is 14.8. The van der Waals surface area contributed by atoms with E-state index in [4.69, 9.17) is 15.2 Å². The molecule has 1 aromatic carbocycles. The number of amides is 1. The van der Waals surface area contributed by atoms with Crippen LogP contribution in [0.25, 0.3) is 0 Å². The van der Waals surface area contributed by atoms with Crippen LogP contribution in [0, 0.1) is 5.92 Å². The van der Waals surface area contributed by atoms with Crippen molar-refractivity contribution >= 4 is 12.1 Å². The monoisotopic (exact) mass is 346 g/mol. The quantitative estimate of drug-likeness (QED) is 0.847. The molecule has 0 spiro atoms. The van der Waals surface area contributed by atoms with Crippen LogP contribution in [0.4, 0.5) is 4.79 Å². The summed E-state index contributed by atoms with van der Waals surface area (Å²) >= 11 is 0.